The Labute approximate surface area is 115 Å². The Hall–Kier alpha value is -1.26. The van der Waals surface area contributed by atoms with E-state index in [1.165, 1.54) is 25.7 Å². The van der Waals surface area contributed by atoms with E-state index in [0.29, 0.717) is 0 Å². The molecule has 4 heteroatoms. The van der Waals surface area contributed by atoms with E-state index in [2.05, 4.69) is 18.4 Å². The molecule has 0 amide bonds. The average Bonchev–Trinajstić information content (AvgIpc) is 2.86. The van der Waals surface area contributed by atoms with Crippen LogP contribution in [0.25, 0.3) is 0 Å². The van der Waals surface area contributed by atoms with Gasteiger partial charge in [-0.25, -0.2) is 0 Å². The van der Waals surface area contributed by atoms with Crippen molar-refractivity contribution in [2.45, 2.75) is 38.6 Å². The molecule has 0 heterocycles. The summed E-state index contributed by atoms with van der Waals surface area (Å²) in [5.41, 5.74) is 4.37. The molecule has 0 radical (unpaired) electrons. The van der Waals surface area contributed by atoms with E-state index in [0.717, 1.165) is 17.1 Å². The molecule has 0 spiro atoms. The molecule has 2 rings (SSSR count). The minimum absolute atomic E-state index is 0.148. The summed E-state index contributed by atoms with van der Waals surface area (Å²) in [7, 11) is 3.30. The molecule has 1 saturated carbocycles. The van der Waals surface area contributed by atoms with Gasteiger partial charge >= 0.3 is 0 Å². The monoisotopic (exact) mass is 264 g/mol. The van der Waals surface area contributed by atoms with Gasteiger partial charge in [0.05, 0.1) is 20.3 Å². The van der Waals surface area contributed by atoms with Gasteiger partial charge < -0.3 is 9.47 Å². The van der Waals surface area contributed by atoms with Gasteiger partial charge in [-0.05, 0) is 36.0 Å². The van der Waals surface area contributed by atoms with Crippen molar-refractivity contribution >= 4 is 0 Å². The van der Waals surface area contributed by atoms with Crippen molar-refractivity contribution in [3.05, 3.63) is 23.8 Å². The number of methoxy groups -OCH3 is 2. The van der Waals surface area contributed by atoms with Gasteiger partial charge in [0, 0.05) is 0 Å². The van der Waals surface area contributed by atoms with Gasteiger partial charge in [-0.1, -0.05) is 25.8 Å². The SMILES string of the molecule is COc1ccc(C(NN)C2(C)CCCC2)cc1OC. The predicted molar refractivity (Wildman–Crippen MR) is 76.2 cm³/mol. The van der Waals surface area contributed by atoms with Crippen molar-refractivity contribution in [2.75, 3.05) is 14.2 Å². The lowest BCUT2D eigenvalue weighted by Gasteiger charge is -2.34. The maximum atomic E-state index is 5.81. The van der Waals surface area contributed by atoms with Crippen LogP contribution in [0.15, 0.2) is 18.2 Å². The highest BCUT2D eigenvalue weighted by Crippen LogP contribution is 2.47. The summed E-state index contributed by atoms with van der Waals surface area (Å²) in [6, 6.07) is 6.17. The first-order valence-corrected chi connectivity index (χ1v) is 6.82. The predicted octanol–water partition coefficient (Wildman–Crippen LogP) is 2.79. The largest absolute Gasteiger partial charge is 0.493 e. The molecule has 106 valence electrons. The van der Waals surface area contributed by atoms with Crippen LogP contribution in [0.5, 0.6) is 11.5 Å². The third-order valence-corrected chi connectivity index (χ3v) is 4.35. The molecule has 3 N–H and O–H groups in total. The third kappa shape index (κ3) is 2.69. The highest BCUT2D eigenvalue weighted by Gasteiger charge is 2.37. The quantitative estimate of drug-likeness (QED) is 0.634. The van der Waals surface area contributed by atoms with Crippen LogP contribution < -0.4 is 20.7 Å². The second kappa shape index (κ2) is 5.80. The number of hydrazine groups is 1. The minimum atomic E-state index is 0.148. The van der Waals surface area contributed by atoms with Crippen molar-refractivity contribution in [3.8, 4) is 11.5 Å². The molecule has 1 aromatic rings. The van der Waals surface area contributed by atoms with Crippen LogP contribution in [-0.2, 0) is 0 Å². The zero-order chi connectivity index (χ0) is 13.9. The zero-order valence-corrected chi connectivity index (χ0v) is 12.0. The minimum Gasteiger partial charge on any atom is -0.493 e. The summed E-state index contributed by atoms with van der Waals surface area (Å²) >= 11 is 0. The summed E-state index contributed by atoms with van der Waals surface area (Å²) < 4.78 is 10.7. The highest BCUT2D eigenvalue weighted by atomic mass is 16.5. The van der Waals surface area contributed by atoms with Gasteiger partial charge in [-0.15, -0.1) is 0 Å². The molecule has 1 atom stereocenters. The Morgan fingerprint density at radius 2 is 1.79 bits per heavy atom. The highest BCUT2D eigenvalue weighted by molar-refractivity contribution is 5.44. The van der Waals surface area contributed by atoms with Crippen molar-refractivity contribution in [2.24, 2.45) is 11.3 Å². The number of nitrogens with two attached hydrogens (primary N) is 1. The first-order chi connectivity index (χ1) is 9.14. The van der Waals surface area contributed by atoms with Gasteiger partial charge in [-0.2, -0.15) is 0 Å². The molecule has 0 aliphatic heterocycles. The normalized spacial score (nSPS) is 19.2. The van der Waals surface area contributed by atoms with Gasteiger partial charge in [-0.3, -0.25) is 11.3 Å². The number of hydrogen-bond donors (Lipinski definition) is 2. The Morgan fingerprint density at radius 1 is 1.16 bits per heavy atom. The first-order valence-electron chi connectivity index (χ1n) is 6.82. The number of ether oxygens (including phenoxy) is 2. The number of nitrogens with one attached hydrogen (secondary N) is 1. The van der Waals surface area contributed by atoms with Crippen LogP contribution in [-0.4, -0.2) is 14.2 Å². The molecule has 1 unspecified atom stereocenters. The van der Waals surface area contributed by atoms with Gasteiger partial charge in [0.25, 0.3) is 0 Å². The number of hydrogen-bond acceptors (Lipinski definition) is 4. The van der Waals surface area contributed by atoms with Crippen LogP contribution in [0.1, 0.15) is 44.2 Å². The van der Waals surface area contributed by atoms with E-state index < -0.39 is 0 Å². The Morgan fingerprint density at radius 3 is 2.32 bits per heavy atom. The zero-order valence-electron chi connectivity index (χ0n) is 12.0. The summed E-state index contributed by atoms with van der Waals surface area (Å²) in [4.78, 5) is 0. The maximum absolute atomic E-state index is 5.81. The first kappa shape index (κ1) is 14.2. The molecule has 4 nitrogen and oxygen atoms in total. The molecule has 19 heavy (non-hydrogen) atoms. The van der Waals surface area contributed by atoms with E-state index in [4.69, 9.17) is 15.3 Å². The van der Waals surface area contributed by atoms with Crippen molar-refractivity contribution < 1.29 is 9.47 Å². The van der Waals surface area contributed by atoms with E-state index in [9.17, 15) is 0 Å². The van der Waals surface area contributed by atoms with Crippen molar-refractivity contribution in [1.29, 1.82) is 0 Å². The maximum Gasteiger partial charge on any atom is 0.161 e. The lowest BCUT2D eigenvalue weighted by atomic mass is 9.77. The third-order valence-electron chi connectivity index (χ3n) is 4.35. The van der Waals surface area contributed by atoms with Gasteiger partial charge in [0.2, 0.25) is 0 Å². The Balaban J connectivity index is 2.33. The summed E-state index contributed by atoms with van der Waals surface area (Å²) in [5, 5.41) is 0. The van der Waals surface area contributed by atoms with Crippen LogP contribution in [0.4, 0.5) is 0 Å². The van der Waals surface area contributed by atoms with Crippen LogP contribution in [0.2, 0.25) is 0 Å². The summed E-state index contributed by atoms with van der Waals surface area (Å²) in [6.45, 7) is 2.31. The van der Waals surface area contributed by atoms with Gasteiger partial charge in [0.1, 0.15) is 0 Å². The van der Waals surface area contributed by atoms with E-state index in [1.54, 1.807) is 14.2 Å². The second-order valence-corrected chi connectivity index (χ2v) is 5.58. The van der Waals surface area contributed by atoms with Crippen LogP contribution >= 0.6 is 0 Å². The van der Waals surface area contributed by atoms with E-state index in [1.807, 2.05) is 12.1 Å². The van der Waals surface area contributed by atoms with Crippen molar-refractivity contribution in [1.82, 2.24) is 5.43 Å². The van der Waals surface area contributed by atoms with E-state index >= 15 is 0 Å². The molecule has 1 fully saturated rings. The average molecular weight is 264 g/mol. The summed E-state index contributed by atoms with van der Waals surface area (Å²) in [5.74, 6) is 7.31. The fraction of sp³-hybridized carbons (Fsp3) is 0.600. The molecule has 1 aliphatic carbocycles. The topological polar surface area (TPSA) is 56.5 Å². The fourth-order valence-corrected chi connectivity index (χ4v) is 3.20. The smallest absolute Gasteiger partial charge is 0.161 e. The van der Waals surface area contributed by atoms with Crippen LogP contribution in [0.3, 0.4) is 0 Å². The van der Waals surface area contributed by atoms with Crippen LogP contribution in [0, 0.1) is 5.41 Å². The number of rotatable bonds is 5. The molecule has 0 bridgehead atoms. The second-order valence-electron chi connectivity index (χ2n) is 5.58. The Bertz CT molecular complexity index is 428. The summed E-state index contributed by atoms with van der Waals surface area (Å²) in [6.07, 6.45) is 4.97. The van der Waals surface area contributed by atoms with Crippen molar-refractivity contribution in [3.63, 3.8) is 0 Å². The standard InChI is InChI=1S/C15H24N2O2/c1-15(8-4-5-9-15)14(17-16)11-6-7-12(18-2)13(10-11)19-3/h6-7,10,14,17H,4-5,8-9,16H2,1-3H3. The lowest BCUT2D eigenvalue weighted by molar-refractivity contribution is 0.224. The molecular formula is C15H24N2O2. The Kier molecular flexibility index (Phi) is 4.32. The fourth-order valence-electron chi connectivity index (χ4n) is 3.20. The molecule has 0 aromatic heterocycles. The molecular weight excluding hydrogens is 240 g/mol. The lowest BCUT2D eigenvalue weighted by Crippen LogP contribution is -2.38. The van der Waals surface area contributed by atoms with Gasteiger partial charge in [0.15, 0.2) is 11.5 Å². The molecule has 1 aliphatic rings. The molecule has 0 saturated heterocycles. The number of benzene rings is 1. The van der Waals surface area contributed by atoms with E-state index in [-0.39, 0.29) is 11.5 Å². The molecule has 1 aromatic carbocycles.